The van der Waals surface area contributed by atoms with Crippen molar-refractivity contribution in [3.05, 3.63) is 21.8 Å². The van der Waals surface area contributed by atoms with E-state index in [1.165, 1.54) is 0 Å². The third-order valence-electron chi connectivity index (χ3n) is 4.37. The first-order valence-corrected chi connectivity index (χ1v) is 8.56. The number of halogens is 2. The van der Waals surface area contributed by atoms with Crippen LogP contribution in [0, 0.1) is 5.92 Å². The van der Waals surface area contributed by atoms with Crippen molar-refractivity contribution in [2.24, 2.45) is 5.92 Å². The van der Waals surface area contributed by atoms with Crippen LogP contribution < -0.4 is 4.90 Å². The summed E-state index contributed by atoms with van der Waals surface area (Å²) in [5, 5.41) is 0.635. The SMILES string of the molecule is CN(C(=O)C1CC1)C1CCN(c2ncc(Cl)cc2Br)CC1. The van der Waals surface area contributed by atoms with Gasteiger partial charge in [0.15, 0.2) is 0 Å². The highest BCUT2D eigenvalue weighted by molar-refractivity contribution is 9.10. The molecule has 1 amide bonds. The maximum absolute atomic E-state index is 12.1. The van der Waals surface area contributed by atoms with Crippen molar-refractivity contribution in [3.63, 3.8) is 0 Å². The van der Waals surface area contributed by atoms with Crippen molar-refractivity contribution in [1.29, 1.82) is 0 Å². The molecule has 114 valence electrons. The van der Waals surface area contributed by atoms with E-state index in [9.17, 15) is 4.79 Å². The van der Waals surface area contributed by atoms with Gasteiger partial charge in [-0.15, -0.1) is 0 Å². The minimum Gasteiger partial charge on any atom is -0.356 e. The number of rotatable bonds is 3. The summed E-state index contributed by atoms with van der Waals surface area (Å²) in [5.41, 5.74) is 0. The van der Waals surface area contributed by atoms with E-state index in [2.05, 4.69) is 25.8 Å². The van der Waals surface area contributed by atoms with E-state index in [1.807, 2.05) is 18.0 Å². The molecule has 0 radical (unpaired) electrons. The molecule has 0 spiro atoms. The number of pyridine rings is 1. The van der Waals surface area contributed by atoms with Crippen LogP contribution in [0.5, 0.6) is 0 Å². The van der Waals surface area contributed by atoms with E-state index in [0.717, 1.165) is 49.1 Å². The quantitative estimate of drug-likeness (QED) is 0.816. The third-order valence-corrected chi connectivity index (χ3v) is 5.16. The van der Waals surface area contributed by atoms with Crippen LogP contribution in [-0.2, 0) is 4.79 Å². The van der Waals surface area contributed by atoms with Crippen LogP contribution in [-0.4, -0.2) is 42.0 Å². The van der Waals surface area contributed by atoms with Gasteiger partial charge < -0.3 is 9.80 Å². The summed E-state index contributed by atoms with van der Waals surface area (Å²) in [6, 6.07) is 2.24. The van der Waals surface area contributed by atoms with Crippen molar-refractivity contribution in [3.8, 4) is 0 Å². The van der Waals surface area contributed by atoms with Gasteiger partial charge >= 0.3 is 0 Å². The molecule has 1 aliphatic carbocycles. The van der Waals surface area contributed by atoms with Gasteiger partial charge in [0.25, 0.3) is 0 Å². The number of carbonyl (C=O) groups is 1. The van der Waals surface area contributed by atoms with Crippen molar-refractivity contribution in [1.82, 2.24) is 9.88 Å². The summed E-state index contributed by atoms with van der Waals surface area (Å²) in [6.45, 7) is 1.83. The highest BCUT2D eigenvalue weighted by atomic mass is 79.9. The molecule has 1 aromatic rings. The Morgan fingerprint density at radius 2 is 2.05 bits per heavy atom. The van der Waals surface area contributed by atoms with E-state index in [0.29, 0.717) is 22.9 Å². The Hall–Kier alpha value is -0.810. The second-order valence-electron chi connectivity index (χ2n) is 5.90. The first kappa shape index (κ1) is 15.1. The van der Waals surface area contributed by atoms with Gasteiger partial charge in [0.1, 0.15) is 5.82 Å². The number of nitrogens with zero attached hydrogens (tertiary/aromatic N) is 3. The van der Waals surface area contributed by atoms with Crippen molar-refractivity contribution < 1.29 is 4.79 Å². The van der Waals surface area contributed by atoms with Crippen LogP contribution in [0.2, 0.25) is 5.02 Å². The fourth-order valence-electron chi connectivity index (χ4n) is 2.90. The minimum atomic E-state index is 0.306. The molecule has 1 aliphatic heterocycles. The fraction of sp³-hybridized carbons (Fsp3) is 0.600. The van der Waals surface area contributed by atoms with Crippen LogP contribution >= 0.6 is 27.5 Å². The van der Waals surface area contributed by atoms with E-state index in [1.54, 1.807) is 6.20 Å². The number of carbonyl (C=O) groups excluding carboxylic acids is 1. The van der Waals surface area contributed by atoms with Crippen LogP contribution in [0.25, 0.3) is 0 Å². The van der Waals surface area contributed by atoms with Crippen LogP contribution in [0.3, 0.4) is 0 Å². The number of amides is 1. The van der Waals surface area contributed by atoms with Crippen LogP contribution in [0.15, 0.2) is 16.7 Å². The molecular weight excluding hydrogens is 354 g/mol. The van der Waals surface area contributed by atoms with E-state index in [4.69, 9.17) is 11.6 Å². The summed E-state index contributed by atoms with van der Waals surface area (Å²) in [6.07, 6.45) is 5.81. The van der Waals surface area contributed by atoms with Gasteiger partial charge in [-0.3, -0.25) is 4.79 Å². The number of hydrogen-bond donors (Lipinski definition) is 0. The highest BCUT2D eigenvalue weighted by Crippen LogP contribution is 2.33. The lowest BCUT2D eigenvalue weighted by Crippen LogP contribution is -2.46. The molecule has 2 aliphatic rings. The molecule has 1 saturated heterocycles. The smallest absolute Gasteiger partial charge is 0.225 e. The molecule has 0 aromatic carbocycles. The normalized spacial score (nSPS) is 19.7. The largest absolute Gasteiger partial charge is 0.356 e. The number of anilines is 1. The highest BCUT2D eigenvalue weighted by Gasteiger charge is 2.35. The second kappa shape index (κ2) is 6.13. The van der Waals surface area contributed by atoms with Gasteiger partial charge in [0.2, 0.25) is 5.91 Å². The first-order valence-electron chi connectivity index (χ1n) is 7.39. The standard InChI is InChI=1S/C15H19BrClN3O/c1-19(15(21)10-2-3-10)12-4-6-20(7-5-12)14-13(16)8-11(17)9-18-14/h8-10,12H,2-7H2,1H3. The van der Waals surface area contributed by atoms with E-state index >= 15 is 0 Å². The summed E-state index contributed by atoms with van der Waals surface area (Å²) in [7, 11) is 1.96. The zero-order chi connectivity index (χ0) is 15.0. The Bertz CT molecular complexity index is 542. The number of piperidine rings is 1. The predicted molar refractivity (Wildman–Crippen MR) is 87.7 cm³/mol. The Morgan fingerprint density at radius 3 is 2.62 bits per heavy atom. The average molecular weight is 373 g/mol. The Kier molecular flexibility index (Phi) is 4.41. The van der Waals surface area contributed by atoms with Crippen LogP contribution in [0.1, 0.15) is 25.7 Å². The maximum Gasteiger partial charge on any atom is 0.225 e. The predicted octanol–water partition coefficient (Wildman–Crippen LogP) is 3.33. The third kappa shape index (κ3) is 3.34. The summed E-state index contributed by atoms with van der Waals surface area (Å²) < 4.78 is 0.927. The Morgan fingerprint density at radius 1 is 1.38 bits per heavy atom. The summed E-state index contributed by atoms with van der Waals surface area (Å²) in [4.78, 5) is 20.8. The average Bonchev–Trinajstić information content (AvgIpc) is 3.31. The lowest BCUT2D eigenvalue weighted by atomic mass is 10.0. The molecule has 6 heteroatoms. The molecule has 1 aromatic heterocycles. The lowest BCUT2D eigenvalue weighted by molar-refractivity contribution is -0.133. The molecule has 21 heavy (non-hydrogen) atoms. The molecule has 0 bridgehead atoms. The molecule has 0 atom stereocenters. The topological polar surface area (TPSA) is 36.4 Å². The first-order chi connectivity index (χ1) is 10.1. The fourth-order valence-corrected chi connectivity index (χ4v) is 3.79. The molecule has 2 fully saturated rings. The molecule has 3 rings (SSSR count). The molecule has 0 unspecified atom stereocenters. The van der Waals surface area contributed by atoms with E-state index < -0.39 is 0 Å². The summed E-state index contributed by atoms with van der Waals surface area (Å²) >= 11 is 9.46. The van der Waals surface area contributed by atoms with Gasteiger partial charge in [-0.05, 0) is 47.7 Å². The van der Waals surface area contributed by atoms with Gasteiger partial charge in [0, 0.05) is 38.3 Å². The zero-order valence-corrected chi connectivity index (χ0v) is 14.4. The number of hydrogen-bond acceptors (Lipinski definition) is 3. The number of aromatic nitrogens is 1. The monoisotopic (exact) mass is 371 g/mol. The summed E-state index contributed by atoms with van der Waals surface area (Å²) in [5.74, 6) is 1.58. The molecule has 4 nitrogen and oxygen atoms in total. The minimum absolute atomic E-state index is 0.306. The maximum atomic E-state index is 12.1. The Balaban J connectivity index is 1.60. The van der Waals surface area contributed by atoms with Crippen molar-refractivity contribution >= 4 is 39.3 Å². The lowest BCUT2D eigenvalue weighted by Gasteiger charge is -2.37. The van der Waals surface area contributed by atoms with Crippen molar-refractivity contribution in [2.75, 3.05) is 25.0 Å². The van der Waals surface area contributed by atoms with Gasteiger partial charge in [-0.25, -0.2) is 4.98 Å². The van der Waals surface area contributed by atoms with Crippen LogP contribution in [0.4, 0.5) is 5.82 Å². The molecule has 2 heterocycles. The van der Waals surface area contributed by atoms with Gasteiger partial charge in [-0.2, -0.15) is 0 Å². The molecule has 1 saturated carbocycles. The van der Waals surface area contributed by atoms with Gasteiger partial charge in [-0.1, -0.05) is 11.6 Å². The molecular formula is C15H19BrClN3O. The zero-order valence-electron chi connectivity index (χ0n) is 12.1. The van der Waals surface area contributed by atoms with Gasteiger partial charge in [0.05, 0.1) is 9.50 Å². The second-order valence-corrected chi connectivity index (χ2v) is 7.19. The van der Waals surface area contributed by atoms with E-state index in [-0.39, 0.29) is 0 Å². The van der Waals surface area contributed by atoms with Crippen molar-refractivity contribution in [2.45, 2.75) is 31.7 Å². The Labute approximate surface area is 138 Å². The molecule has 0 N–H and O–H groups in total.